The molecule has 1 saturated heterocycles. The Morgan fingerprint density at radius 2 is 1.96 bits per heavy atom. The van der Waals surface area contributed by atoms with Crippen molar-refractivity contribution in [2.24, 2.45) is 5.92 Å². The van der Waals surface area contributed by atoms with Gasteiger partial charge in [-0.2, -0.15) is 0 Å². The van der Waals surface area contributed by atoms with E-state index in [4.69, 9.17) is 16.7 Å². The molecule has 1 saturated carbocycles. The third-order valence-corrected chi connectivity index (χ3v) is 5.32. The van der Waals surface area contributed by atoms with Crippen molar-refractivity contribution in [3.8, 4) is 0 Å². The normalized spacial score (nSPS) is 18.7. The highest BCUT2D eigenvalue weighted by molar-refractivity contribution is 7.80. The smallest absolute Gasteiger partial charge is 0.257 e. The minimum Gasteiger partial charge on any atom is -0.588 e. The Morgan fingerprint density at radius 3 is 2.62 bits per heavy atom. The summed E-state index contributed by atoms with van der Waals surface area (Å²) in [5.74, 6) is 0.243. The molecule has 0 N–H and O–H groups in total. The summed E-state index contributed by atoms with van der Waals surface area (Å²) in [6.07, 6.45) is 7.18. The van der Waals surface area contributed by atoms with Gasteiger partial charge in [-0.15, -0.1) is 5.01 Å². The van der Waals surface area contributed by atoms with Crippen molar-refractivity contribution in [3.63, 3.8) is 0 Å². The van der Waals surface area contributed by atoms with Crippen molar-refractivity contribution in [3.05, 3.63) is 11.5 Å². The zero-order valence-electron chi connectivity index (χ0n) is 15.1. The highest BCUT2D eigenvalue weighted by Crippen LogP contribution is 2.28. The van der Waals surface area contributed by atoms with Crippen LogP contribution in [0.15, 0.2) is 10.7 Å². The van der Waals surface area contributed by atoms with Crippen LogP contribution in [0.1, 0.15) is 45.4 Å². The molecule has 0 bridgehead atoms. The molecule has 0 aromatic carbocycles. The average Bonchev–Trinajstić information content (AvgIpc) is 3.10. The molecule has 1 aromatic rings. The minimum absolute atomic E-state index is 0.0214. The third-order valence-electron chi connectivity index (χ3n) is 4.92. The number of aromatic nitrogens is 2. The number of ketones is 1. The van der Waals surface area contributed by atoms with Gasteiger partial charge in [0.1, 0.15) is 11.7 Å². The average molecular weight is 379 g/mol. The van der Waals surface area contributed by atoms with E-state index in [-0.39, 0.29) is 23.5 Å². The van der Waals surface area contributed by atoms with Gasteiger partial charge in [0.2, 0.25) is 5.27 Å². The number of carbonyl (C=O) groups is 2. The summed E-state index contributed by atoms with van der Waals surface area (Å²) in [5, 5.41) is 10.1. The molecular weight excluding hydrogens is 354 g/mol. The first-order valence-electron chi connectivity index (χ1n) is 9.19. The van der Waals surface area contributed by atoms with Gasteiger partial charge in [-0.05, 0) is 19.8 Å². The molecule has 2 fully saturated rings. The molecule has 2 aliphatic rings. The lowest BCUT2D eigenvalue weighted by molar-refractivity contribution is -0.759. The molecule has 1 aromatic heterocycles. The molecule has 0 atom stereocenters. The van der Waals surface area contributed by atoms with E-state index in [0.717, 1.165) is 38.8 Å². The van der Waals surface area contributed by atoms with E-state index in [1.54, 1.807) is 17.9 Å². The van der Waals surface area contributed by atoms with Gasteiger partial charge >= 0.3 is 0 Å². The number of hydrogen-bond acceptors (Lipinski definition) is 6. The van der Waals surface area contributed by atoms with Crippen molar-refractivity contribution < 1.29 is 18.9 Å². The highest BCUT2D eigenvalue weighted by Gasteiger charge is 2.26. The van der Waals surface area contributed by atoms with Gasteiger partial charge in [0.25, 0.3) is 6.20 Å². The quantitative estimate of drug-likeness (QED) is 0.568. The molecule has 8 nitrogen and oxygen atoms in total. The van der Waals surface area contributed by atoms with Crippen LogP contribution in [0.2, 0.25) is 0 Å². The maximum atomic E-state index is 12.2. The molecule has 142 valence electrons. The number of nitrogens with zero attached hydrogens (tertiary/aromatic N) is 5. The summed E-state index contributed by atoms with van der Waals surface area (Å²) in [5.41, 5.74) is 0. The first-order chi connectivity index (χ1) is 12.5. The Labute approximate surface area is 158 Å². The third kappa shape index (κ3) is 4.78. The van der Waals surface area contributed by atoms with Crippen LogP contribution in [-0.4, -0.2) is 53.0 Å². The van der Waals surface area contributed by atoms with Gasteiger partial charge in [-0.25, -0.2) is 0 Å². The van der Waals surface area contributed by atoms with E-state index in [9.17, 15) is 9.59 Å². The van der Waals surface area contributed by atoms with Crippen LogP contribution >= 0.6 is 12.2 Å². The van der Waals surface area contributed by atoms with Gasteiger partial charge in [0, 0.05) is 19.0 Å². The van der Waals surface area contributed by atoms with E-state index in [2.05, 4.69) is 10.6 Å². The lowest BCUT2D eigenvalue weighted by atomic mass is 9.89. The Morgan fingerprint density at radius 1 is 1.27 bits per heavy atom. The van der Waals surface area contributed by atoms with Crippen LogP contribution in [0.3, 0.4) is 0 Å². The van der Waals surface area contributed by atoms with Crippen molar-refractivity contribution in [1.82, 2.24) is 10.2 Å². The van der Waals surface area contributed by atoms with E-state index < -0.39 is 0 Å². The predicted octanol–water partition coefficient (Wildman–Crippen LogP) is 1.63. The molecule has 26 heavy (non-hydrogen) atoms. The van der Waals surface area contributed by atoms with Crippen LogP contribution in [-0.2, 0) is 9.59 Å². The molecule has 3 rings (SSSR count). The number of thiocarbonyl (C=S) groups is 1. The van der Waals surface area contributed by atoms with Crippen LogP contribution in [0, 0.1) is 5.92 Å². The Hall–Kier alpha value is -2.03. The van der Waals surface area contributed by atoms with Crippen LogP contribution in [0.4, 0.5) is 5.88 Å². The number of piperazine rings is 1. The monoisotopic (exact) mass is 379 g/mol. The Balaban J connectivity index is 1.50. The second-order valence-corrected chi connectivity index (χ2v) is 7.43. The number of carbonyl (C=O) groups excluding carboxylic acids is 2. The summed E-state index contributed by atoms with van der Waals surface area (Å²) >= 11 is 5.31. The molecule has 0 spiro atoms. The zero-order valence-corrected chi connectivity index (χ0v) is 15.9. The van der Waals surface area contributed by atoms with Crippen molar-refractivity contribution in [2.75, 3.05) is 31.2 Å². The summed E-state index contributed by atoms with van der Waals surface area (Å²) in [6.45, 7) is 4.39. The second kappa shape index (κ2) is 8.57. The second-order valence-electron chi connectivity index (χ2n) is 6.96. The van der Waals surface area contributed by atoms with Crippen LogP contribution in [0.25, 0.3) is 5.32 Å². The minimum atomic E-state index is -0.104. The molecule has 1 aliphatic carbocycles. The van der Waals surface area contributed by atoms with Gasteiger partial charge < -0.3 is 19.5 Å². The number of Topliss-reactive ketones (excluding diaryl/α,β-unsaturated/α-hetero) is 1. The molecule has 1 amide bonds. The molecule has 0 unspecified atom stereocenters. The largest absolute Gasteiger partial charge is 0.588 e. The molecule has 1 aliphatic heterocycles. The van der Waals surface area contributed by atoms with Gasteiger partial charge in [0.15, 0.2) is 0 Å². The highest BCUT2D eigenvalue weighted by atomic mass is 32.1. The van der Waals surface area contributed by atoms with Gasteiger partial charge in [0.05, 0.1) is 35.2 Å². The fourth-order valence-electron chi connectivity index (χ4n) is 3.44. The summed E-state index contributed by atoms with van der Waals surface area (Å²) in [4.78, 5) is 27.8. The van der Waals surface area contributed by atoms with Crippen LogP contribution in [0.5, 0.6) is 0 Å². The van der Waals surface area contributed by atoms with E-state index in [1.807, 2.05) is 9.91 Å². The summed E-state index contributed by atoms with van der Waals surface area (Å²) in [7, 11) is 0. The summed E-state index contributed by atoms with van der Waals surface area (Å²) in [6, 6.07) is 0. The molecule has 9 heteroatoms. The maximum absolute atomic E-state index is 12.2. The zero-order chi connectivity index (χ0) is 18.5. The van der Waals surface area contributed by atoms with Crippen molar-refractivity contribution in [1.29, 1.82) is 0 Å². The number of rotatable bonds is 5. The van der Waals surface area contributed by atoms with Crippen molar-refractivity contribution >= 4 is 34.8 Å². The number of hydrogen-bond donors (Lipinski definition) is 0. The topological polar surface area (TPSA) is 84.6 Å². The first kappa shape index (κ1) is 18.8. The molecule has 0 radical (unpaired) electrons. The lowest BCUT2D eigenvalue weighted by Gasteiger charge is -2.31. The molecular formula is C17H25N5O3S. The molecule has 2 heterocycles. The standard InChI is InChI=1S/C17H25N5O3S/c1-13(23)11-16(26)20-7-9-21(10-8-20)22-12-15(25-19-22)18-17(24)14-5-3-2-4-6-14/h12,14H,2-11H2,1H3. The Bertz CT molecular complexity index is 663. The Kier molecular flexibility index (Phi) is 6.18. The van der Waals surface area contributed by atoms with Gasteiger partial charge in [-0.3, -0.25) is 4.79 Å². The first-order valence-corrected chi connectivity index (χ1v) is 9.60. The van der Waals surface area contributed by atoms with E-state index >= 15 is 0 Å². The van der Waals surface area contributed by atoms with Gasteiger partial charge in [-0.1, -0.05) is 31.5 Å². The van der Waals surface area contributed by atoms with E-state index in [1.165, 1.54) is 6.42 Å². The van der Waals surface area contributed by atoms with Crippen molar-refractivity contribution in [2.45, 2.75) is 45.4 Å². The SMILES string of the molecule is CC(=O)CC(=S)N1CCN([n+]2cc([N-]C(=O)C3CCCCC3)on2)CC1. The fraction of sp³-hybridized carbons (Fsp3) is 0.706. The lowest BCUT2D eigenvalue weighted by Crippen LogP contribution is -2.65. The van der Waals surface area contributed by atoms with E-state index in [0.29, 0.717) is 24.5 Å². The predicted molar refractivity (Wildman–Crippen MR) is 98.7 cm³/mol. The number of amides is 1. The maximum Gasteiger partial charge on any atom is 0.257 e. The fourth-order valence-corrected chi connectivity index (χ4v) is 3.82. The summed E-state index contributed by atoms with van der Waals surface area (Å²) < 4.78 is 5.21. The van der Waals surface area contributed by atoms with Crippen LogP contribution < -0.4 is 9.80 Å².